The quantitative estimate of drug-likeness (QED) is 0.358. The van der Waals surface area contributed by atoms with Crippen LogP contribution in [0.15, 0.2) is 60.9 Å². The predicted molar refractivity (Wildman–Crippen MR) is 127 cm³/mol. The summed E-state index contributed by atoms with van der Waals surface area (Å²) in [5.74, 6) is 1.08. The minimum absolute atomic E-state index is 0.270. The number of nitrogens with one attached hydrogen (secondary N) is 2. The van der Waals surface area contributed by atoms with Gasteiger partial charge in [-0.3, -0.25) is 9.29 Å². The van der Waals surface area contributed by atoms with Crippen molar-refractivity contribution in [1.82, 2.24) is 19.3 Å². The summed E-state index contributed by atoms with van der Waals surface area (Å²) < 4.78 is 14.9. The molecule has 0 aliphatic heterocycles. The Morgan fingerprint density at radius 3 is 2.69 bits per heavy atom. The number of imidazole rings is 1. The SMILES string of the molecule is Cc1cc2nc(CCN(SCc3cccnc3)C(=O)Nc3ccc(F)cc3)[nH]c2cc1C. The number of fused-ring (bicyclic) bond motifs is 1. The lowest BCUT2D eigenvalue weighted by Gasteiger charge is -2.21. The third kappa shape index (κ3) is 5.45. The van der Waals surface area contributed by atoms with Gasteiger partial charge in [0.2, 0.25) is 0 Å². The molecule has 4 aromatic rings. The molecule has 0 aliphatic rings. The summed E-state index contributed by atoms with van der Waals surface area (Å²) >= 11 is 1.40. The van der Waals surface area contributed by atoms with Crippen LogP contribution in [0.4, 0.5) is 14.9 Å². The second kappa shape index (κ2) is 9.82. The Hall–Kier alpha value is -3.39. The topological polar surface area (TPSA) is 73.9 Å². The average molecular weight is 450 g/mol. The number of hydrogen-bond acceptors (Lipinski definition) is 4. The summed E-state index contributed by atoms with van der Waals surface area (Å²) in [5, 5.41) is 2.84. The first-order chi connectivity index (χ1) is 15.5. The Balaban J connectivity index is 1.47. The largest absolute Gasteiger partial charge is 0.342 e. The third-order valence-corrected chi connectivity index (χ3v) is 6.25. The summed E-state index contributed by atoms with van der Waals surface area (Å²) in [4.78, 5) is 25.1. The van der Waals surface area contributed by atoms with Crippen molar-refractivity contribution in [2.45, 2.75) is 26.0 Å². The van der Waals surface area contributed by atoms with Crippen molar-refractivity contribution < 1.29 is 9.18 Å². The maximum Gasteiger partial charge on any atom is 0.331 e. The van der Waals surface area contributed by atoms with Crippen molar-refractivity contribution in [3.8, 4) is 0 Å². The van der Waals surface area contributed by atoms with E-state index in [4.69, 9.17) is 0 Å². The summed E-state index contributed by atoms with van der Waals surface area (Å²) in [5.41, 5.74) is 5.88. The number of aryl methyl sites for hydroxylation is 2. The normalized spacial score (nSPS) is 11.0. The van der Waals surface area contributed by atoms with Gasteiger partial charge in [-0.1, -0.05) is 6.07 Å². The molecule has 0 fully saturated rings. The Kier molecular flexibility index (Phi) is 6.70. The van der Waals surface area contributed by atoms with E-state index >= 15 is 0 Å². The highest BCUT2D eigenvalue weighted by Crippen LogP contribution is 2.21. The second-order valence-corrected chi connectivity index (χ2v) is 8.55. The van der Waals surface area contributed by atoms with Crippen molar-refractivity contribution in [3.05, 3.63) is 89.3 Å². The van der Waals surface area contributed by atoms with Gasteiger partial charge in [0.25, 0.3) is 0 Å². The van der Waals surface area contributed by atoms with E-state index in [0.717, 1.165) is 22.4 Å². The number of benzene rings is 2. The van der Waals surface area contributed by atoms with E-state index in [0.29, 0.717) is 24.4 Å². The molecule has 0 saturated heterocycles. The number of aromatic nitrogens is 3. The molecule has 0 unspecified atom stereocenters. The number of anilines is 1. The monoisotopic (exact) mass is 449 g/mol. The lowest BCUT2D eigenvalue weighted by molar-refractivity contribution is 0.238. The van der Waals surface area contributed by atoms with Crippen molar-refractivity contribution in [2.24, 2.45) is 0 Å². The van der Waals surface area contributed by atoms with E-state index in [1.807, 2.05) is 12.1 Å². The standard InChI is InChI=1S/C24H24FN5OS/c1-16-12-21-22(13-17(16)2)29-23(28-21)9-11-30(32-15-18-4-3-10-26-14-18)24(31)27-20-7-5-19(25)6-8-20/h3-8,10,12-14H,9,11,15H2,1-2H3,(H,27,31)(H,28,29). The molecule has 0 aliphatic carbocycles. The zero-order valence-electron chi connectivity index (χ0n) is 17.9. The minimum Gasteiger partial charge on any atom is -0.342 e. The molecular formula is C24H24FN5OS. The zero-order valence-corrected chi connectivity index (χ0v) is 18.7. The molecule has 2 aromatic carbocycles. The van der Waals surface area contributed by atoms with Crippen molar-refractivity contribution in [2.75, 3.05) is 11.9 Å². The first-order valence-corrected chi connectivity index (χ1v) is 11.2. The molecule has 0 atom stereocenters. The molecule has 0 saturated carbocycles. The van der Waals surface area contributed by atoms with Gasteiger partial charge in [-0.25, -0.2) is 14.2 Å². The van der Waals surface area contributed by atoms with E-state index in [2.05, 4.69) is 46.2 Å². The average Bonchev–Trinajstić information content (AvgIpc) is 3.17. The van der Waals surface area contributed by atoms with Crippen LogP contribution in [0.3, 0.4) is 0 Å². The highest BCUT2D eigenvalue weighted by atomic mass is 32.2. The van der Waals surface area contributed by atoms with E-state index in [9.17, 15) is 9.18 Å². The first-order valence-electron chi connectivity index (χ1n) is 10.3. The summed E-state index contributed by atoms with van der Waals surface area (Å²) in [7, 11) is 0. The molecule has 0 radical (unpaired) electrons. The molecule has 4 rings (SSSR count). The van der Waals surface area contributed by atoms with E-state index < -0.39 is 0 Å². The van der Waals surface area contributed by atoms with E-state index in [1.54, 1.807) is 28.8 Å². The molecule has 0 bridgehead atoms. The number of carbonyl (C=O) groups is 1. The van der Waals surface area contributed by atoms with Gasteiger partial charge in [-0.15, -0.1) is 0 Å². The highest BCUT2D eigenvalue weighted by Gasteiger charge is 2.16. The van der Waals surface area contributed by atoms with Gasteiger partial charge >= 0.3 is 6.03 Å². The molecule has 2 N–H and O–H groups in total. The predicted octanol–water partition coefficient (Wildman–Crippen LogP) is 5.64. The van der Waals surface area contributed by atoms with Gasteiger partial charge in [-0.05, 0) is 85.0 Å². The van der Waals surface area contributed by atoms with Crippen LogP contribution in [-0.4, -0.2) is 31.8 Å². The second-order valence-electron chi connectivity index (χ2n) is 7.56. The Labute approximate surface area is 190 Å². The number of amides is 2. The van der Waals surface area contributed by atoms with Crippen LogP contribution >= 0.6 is 11.9 Å². The lowest BCUT2D eigenvalue weighted by Crippen LogP contribution is -2.31. The Morgan fingerprint density at radius 1 is 1.16 bits per heavy atom. The molecule has 0 spiro atoms. The molecule has 32 heavy (non-hydrogen) atoms. The van der Waals surface area contributed by atoms with Gasteiger partial charge in [-0.2, -0.15) is 0 Å². The Bertz CT molecular complexity index is 1170. The third-order valence-electron chi connectivity index (χ3n) is 5.13. The van der Waals surface area contributed by atoms with Gasteiger partial charge in [0, 0.05) is 36.8 Å². The number of rotatable bonds is 7. The number of carbonyl (C=O) groups excluding carboxylic acids is 1. The fourth-order valence-corrected chi connectivity index (χ4v) is 4.09. The van der Waals surface area contributed by atoms with Crippen LogP contribution < -0.4 is 5.32 Å². The minimum atomic E-state index is -0.346. The summed E-state index contributed by atoms with van der Waals surface area (Å²) in [6.45, 7) is 4.60. The molecule has 2 amide bonds. The lowest BCUT2D eigenvalue weighted by atomic mass is 10.1. The van der Waals surface area contributed by atoms with Crippen LogP contribution in [-0.2, 0) is 12.2 Å². The number of aromatic amines is 1. The Morgan fingerprint density at radius 2 is 1.94 bits per heavy atom. The number of hydrogen-bond donors (Lipinski definition) is 2. The van der Waals surface area contributed by atoms with Gasteiger partial charge in [0.05, 0.1) is 11.0 Å². The van der Waals surface area contributed by atoms with Crippen LogP contribution in [0.25, 0.3) is 11.0 Å². The zero-order chi connectivity index (χ0) is 22.5. The van der Waals surface area contributed by atoms with E-state index in [1.165, 1.54) is 35.2 Å². The number of halogens is 1. The summed E-state index contributed by atoms with van der Waals surface area (Å²) in [6, 6.07) is 13.5. The molecule has 8 heteroatoms. The maximum absolute atomic E-state index is 13.2. The molecule has 6 nitrogen and oxygen atoms in total. The van der Waals surface area contributed by atoms with Crippen LogP contribution in [0.2, 0.25) is 0 Å². The van der Waals surface area contributed by atoms with Crippen LogP contribution in [0, 0.1) is 19.7 Å². The van der Waals surface area contributed by atoms with Gasteiger partial charge in [0.15, 0.2) is 0 Å². The number of urea groups is 1. The molecule has 2 aromatic heterocycles. The van der Waals surface area contributed by atoms with Gasteiger partial charge in [0.1, 0.15) is 11.6 Å². The van der Waals surface area contributed by atoms with Crippen molar-refractivity contribution in [1.29, 1.82) is 0 Å². The number of nitrogens with zero attached hydrogens (tertiary/aromatic N) is 3. The fraction of sp³-hybridized carbons (Fsp3) is 0.208. The van der Waals surface area contributed by atoms with Crippen LogP contribution in [0.1, 0.15) is 22.5 Å². The first kappa shape index (κ1) is 21.8. The van der Waals surface area contributed by atoms with Gasteiger partial charge < -0.3 is 10.3 Å². The number of H-pyrrole nitrogens is 1. The smallest absolute Gasteiger partial charge is 0.331 e. The molecular weight excluding hydrogens is 425 g/mol. The number of pyridine rings is 1. The maximum atomic E-state index is 13.2. The molecule has 164 valence electrons. The van der Waals surface area contributed by atoms with E-state index in [-0.39, 0.29) is 11.8 Å². The fourth-order valence-electron chi connectivity index (χ4n) is 3.23. The molecule has 2 heterocycles. The summed E-state index contributed by atoms with van der Waals surface area (Å²) in [6.07, 6.45) is 4.08. The van der Waals surface area contributed by atoms with Crippen molar-refractivity contribution in [3.63, 3.8) is 0 Å². The van der Waals surface area contributed by atoms with Crippen molar-refractivity contribution >= 4 is 34.7 Å². The van der Waals surface area contributed by atoms with Crippen LogP contribution in [0.5, 0.6) is 0 Å². The highest BCUT2D eigenvalue weighted by molar-refractivity contribution is 7.96.